The maximum Gasteiger partial charge on any atom is 0.295 e. The molecule has 1 aromatic carbocycles. The Morgan fingerprint density at radius 2 is 2.37 bits per heavy atom. The number of aromatic amines is 1. The summed E-state index contributed by atoms with van der Waals surface area (Å²) in [5.41, 5.74) is 1.07. The van der Waals surface area contributed by atoms with Crippen LogP contribution < -0.4 is 5.32 Å². The summed E-state index contributed by atoms with van der Waals surface area (Å²) in [6.07, 6.45) is 0.681. The van der Waals surface area contributed by atoms with Crippen LogP contribution in [0.15, 0.2) is 22.7 Å². The van der Waals surface area contributed by atoms with Crippen LogP contribution in [0.3, 0.4) is 0 Å². The summed E-state index contributed by atoms with van der Waals surface area (Å²) in [6.45, 7) is 1.92. The van der Waals surface area contributed by atoms with Gasteiger partial charge in [0, 0.05) is 10.9 Å². The van der Waals surface area contributed by atoms with Gasteiger partial charge in [-0.1, -0.05) is 6.92 Å². The van der Waals surface area contributed by atoms with Gasteiger partial charge in [0.1, 0.15) is 5.82 Å². The van der Waals surface area contributed by atoms with Crippen LogP contribution in [-0.2, 0) is 6.42 Å². The molecule has 0 saturated carbocycles. The molecule has 1 amide bonds. The molecule has 0 saturated heterocycles. The minimum atomic E-state index is -0.402. The number of benzene rings is 1. The number of aromatic nitrogens is 3. The van der Waals surface area contributed by atoms with Crippen molar-refractivity contribution in [3.63, 3.8) is 0 Å². The molecule has 6 nitrogen and oxygen atoms in total. The highest BCUT2D eigenvalue weighted by Crippen LogP contribution is 2.23. The molecule has 0 unspecified atom stereocenters. The van der Waals surface area contributed by atoms with Gasteiger partial charge in [0.2, 0.25) is 5.82 Å². The van der Waals surface area contributed by atoms with Gasteiger partial charge in [-0.3, -0.25) is 9.89 Å². The fraction of sp³-hybridized carbons (Fsp3) is 0.167. The van der Waals surface area contributed by atoms with E-state index >= 15 is 0 Å². The number of hydrogen-bond donors (Lipinski definition) is 2. The van der Waals surface area contributed by atoms with Crippen LogP contribution in [0, 0.1) is 11.3 Å². The fourth-order valence-corrected chi connectivity index (χ4v) is 1.90. The first kappa shape index (κ1) is 13.2. The first-order valence-electron chi connectivity index (χ1n) is 5.56. The minimum absolute atomic E-state index is 0.0908. The zero-order valence-corrected chi connectivity index (χ0v) is 11.7. The molecule has 1 aromatic heterocycles. The smallest absolute Gasteiger partial charge is 0.295 e. The highest BCUT2D eigenvalue weighted by atomic mass is 79.9. The van der Waals surface area contributed by atoms with Crippen molar-refractivity contribution < 1.29 is 4.79 Å². The Labute approximate surface area is 118 Å². The number of anilines is 1. The summed E-state index contributed by atoms with van der Waals surface area (Å²) in [6, 6.07) is 6.92. The molecule has 2 rings (SSSR count). The van der Waals surface area contributed by atoms with Crippen LogP contribution >= 0.6 is 15.9 Å². The van der Waals surface area contributed by atoms with Gasteiger partial charge >= 0.3 is 0 Å². The second-order valence-electron chi connectivity index (χ2n) is 3.72. The summed E-state index contributed by atoms with van der Waals surface area (Å²) < 4.78 is 0.631. The number of nitrogens with zero attached hydrogens (tertiary/aromatic N) is 3. The van der Waals surface area contributed by atoms with Gasteiger partial charge < -0.3 is 5.32 Å². The molecular formula is C12H10BrN5O. The van der Waals surface area contributed by atoms with E-state index < -0.39 is 5.91 Å². The van der Waals surface area contributed by atoms with E-state index in [0.29, 0.717) is 28.0 Å². The van der Waals surface area contributed by atoms with Crippen LogP contribution in [0.5, 0.6) is 0 Å². The predicted octanol–water partition coefficient (Wildman–Crippen LogP) is 2.25. The van der Waals surface area contributed by atoms with Crippen molar-refractivity contribution in [3.05, 3.63) is 39.9 Å². The van der Waals surface area contributed by atoms with Crippen LogP contribution in [0.1, 0.15) is 28.9 Å². The number of nitrogens with one attached hydrogen (secondary N) is 2. The van der Waals surface area contributed by atoms with Gasteiger partial charge in [0.05, 0.1) is 17.3 Å². The average Bonchev–Trinajstić information content (AvgIpc) is 2.90. The number of carbonyl (C=O) groups is 1. The average molecular weight is 320 g/mol. The van der Waals surface area contributed by atoms with Gasteiger partial charge in [-0.15, -0.1) is 5.10 Å². The number of nitriles is 1. The summed E-state index contributed by atoms with van der Waals surface area (Å²) in [5.74, 6) is 0.346. The molecule has 0 aliphatic heterocycles. The summed E-state index contributed by atoms with van der Waals surface area (Å²) in [4.78, 5) is 15.9. The van der Waals surface area contributed by atoms with Gasteiger partial charge in [-0.25, -0.2) is 4.98 Å². The number of amides is 1. The van der Waals surface area contributed by atoms with Gasteiger partial charge in [-0.05, 0) is 34.1 Å². The van der Waals surface area contributed by atoms with E-state index in [2.05, 4.69) is 36.4 Å². The van der Waals surface area contributed by atoms with Crippen molar-refractivity contribution in [3.8, 4) is 6.07 Å². The van der Waals surface area contributed by atoms with Crippen molar-refractivity contribution in [1.82, 2.24) is 15.2 Å². The topological polar surface area (TPSA) is 94.5 Å². The second kappa shape index (κ2) is 5.63. The zero-order valence-electron chi connectivity index (χ0n) is 10.1. The van der Waals surface area contributed by atoms with E-state index in [-0.39, 0.29) is 5.82 Å². The molecule has 19 heavy (non-hydrogen) atoms. The molecule has 7 heteroatoms. The lowest BCUT2D eigenvalue weighted by molar-refractivity contribution is 0.101. The molecule has 0 aliphatic rings. The zero-order chi connectivity index (χ0) is 13.8. The molecule has 2 aromatic rings. The molecular weight excluding hydrogens is 310 g/mol. The van der Waals surface area contributed by atoms with Crippen LogP contribution in [-0.4, -0.2) is 21.1 Å². The maximum absolute atomic E-state index is 11.9. The molecule has 2 N–H and O–H groups in total. The van der Waals surface area contributed by atoms with E-state index in [1.54, 1.807) is 18.2 Å². The highest BCUT2D eigenvalue weighted by Gasteiger charge is 2.13. The number of aryl methyl sites for hydroxylation is 1. The number of H-pyrrole nitrogens is 1. The van der Waals surface area contributed by atoms with Gasteiger partial charge in [0.15, 0.2) is 0 Å². The van der Waals surface area contributed by atoms with Crippen molar-refractivity contribution in [1.29, 1.82) is 5.26 Å². The van der Waals surface area contributed by atoms with Gasteiger partial charge in [-0.2, -0.15) is 5.26 Å². The molecule has 1 heterocycles. The lowest BCUT2D eigenvalue weighted by atomic mass is 10.2. The summed E-state index contributed by atoms with van der Waals surface area (Å²) >= 11 is 3.29. The molecule has 0 bridgehead atoms. The first-order valence-corrected chi connectivity index (χ1v) is 6.35. The normalized spacial score (nSPS) is 9.95. The Morgan fingerprint density at radius 3 is 2.95 bits per heavy atom. The number of hydrogen-bond acceptors (Lipinski definition) is 4. The third kappa shape index (κ3) is 2.98. The Bertz CT molecular complexity index is 658. The van der Waals surface area contributed by atoms with Crippen molar-refractivity contribution in [2.45, 2.75) is 13.3 Å². The number of carbonyl (C=O) groups excluding carboxylic acids is 1. The standard InChI is InChI=1S/C12H10BrN5O/c1-2-10-16-11(18-17-10)12(19)15-9-4-3-7(6-14)5-8(9)13/h3-5H,2H2,1H3,(H,15,19)(H,16,17,18). The van der Waals surface area contributed by atoms with Gasteiger partial charge in [0.25, 0.3) is 5.91 Å². The molecule has 0 aliphatic carbocycles. The Hall–Kier alpha value is -2.20. The minimum Gasteiger partial charge on any atom is -0.318 e. The Kier molecular flexibility index (Phi) is 3.92. The first-order chi connectivity index (χ1) is 9.13. The molecule has 96 valence electrons. The van der Waals surface area contributed by atoms with E-state index in [1.165, 1.54) is 0 Å². The van der Waals surface area contributed by atoms with E-state index in [4.69, 9.17) is 5.26 Å². The molecule has 0 radical (unpaired) electrons. The highest BCUT2D eigenvalue weighted by molar-refractivity contribution is 9.10. The molecule has 0 atom stereocenters. The lowest BCUT2D eigenvalue weighted by Crippen LogP contribution is -2.14. The molecule has 0 spiro atoms. The van der Waals surface area contributed by atoms with Crippen molar-refractivity contribution in [2.75, 3.05) is 5.32 Å². The van der Waals surface area contributed by atoms with E-state index in [1.807, 2.05) is 13.0 Å². The number of halogens is 1. The van der Waals surface area contributed by atoms with Crippen molar-refractivity contribution >= 4 is 27.5 Å². The maximum atomic E-state index is 11.9. The summed E-state index contributed by atoms with van der Waals surface area (Å²) in [5, 5.41) is 17.9. The third-order valence-corrected chi connectivity index (χ3v) is 3.07. The summed E-state index contributed by atoms with van der Waals surface area (Å²) in [7, 11) is 0. The van der Waals surface area contributed by atoms with E-state index in [9.17, 15) is 4.79 Å². The largest absolute Gasteiger partial charge is 0.318 e. The SMILES string of the molecule is CCc1nc(C(=O)Nc2ccc(C#N)cc2Br)n[nH]1. The second-order valence-corrected chi connectivity index (χ2v) is 4.57. The van der Waals surface area contributed by atoms with Crippen LogP contribution in [0.4, 0.5) is 5.69 Å². The number of rotatable bonds is 3. The van der Waals surface area contributed by atoms with Crippen molar-refractivity contribution in [2.24, 2.45) is 0 Å². The Balaban J connectivity index is 2.17. The monoisotopic (exact) mass is 319 g/mol. The third-order valence-electron chi connectivity index (χ3n) is 2.42. The fourth-order valence-electron chi connectivity index (χ4n) is 1.42. The quantitative estimate of drug-likeness (QED) is 0.907. The van der Waals surface area contributed by atoms with E-state index in [0.717, 1.165) is 0 Å². The molecule has 0 fully saturated rings. The lowest BCUT2D eigenvalue weighted by Gasteiger charge is -2.05. The van der Waals surface area contributed by atoms with Crippen LogP contribution in [0.25, 0.3) is 0 Å². The Morgan fingerprint density at radius 1 is 1.58 bits per heavy atom. The van der Waals surface area contributed by atoms with Crippen LogP contribution in [0.2, 0.25) is 0 Å². The predicted molar refractivity (Wildman–Crippen MR) is 72.6 cm³/mol.